The maximum absolute atomic E-state index is 5.13. The number of fused-ring (bicyclic) bond motifs is 30. The Labute approximate surface area is 799 Å². The van der Waals surface area contributed by atoms with Gasteiger partial charge in [-0.3, -0.25) is 9.97 Å². The van der Waals surface area contributed by atoms with Gasteiger partial charge in [0.2, 0.25) is 0 Å². The average molecular weight is 1770 g/mol. The Hall–Kier alpha value is -13.6. The van der Waals surface area contributed by atoms with E-state index in [1.807, 2.05) is 24.8 Å². The van der Waals surface area contributed by atoms with Crippen molar-refractivity contribution < 1.29 is 0 Å². The van der Waals surface area contributed by atoms with Crippen LogP contribution in [-0.2, 0) is 34.5 Å². The molecule has 0 amide bonds. The zero-order valence-electron chi connectivity index (χ0n) is 80.2. The van der Waals surface area contributed by atoms with Crippen molar-refractivity contribution >= 4 is 110 Å². The zero-order valence-corrected chi connectivity index (χ0v) is 80.2. The van der Waals surface area contributed by atoms with E-state index >= 15 is 0 Å². The lowest BCUT2D eigenvalue weighted by Gasteiger charge is -2.50. The summed E-state index contributed by atoms with van der Waals surface area (Å²) < 4.78 is 0. The Kier molecular flexibility index (Phi) is 17.8. The molecule has 4 aromatic heterocycles. The molecule has 0 N–H and O–H groups in total. The van der Waals surface area contributed by atoms with E-state index in [4.69, 9.17) is 9.97 Å². The van der Waals surface area contributed by atoms with E-state index in [2.05, 4.69) is 378 Å². The lowest BCUT2D eigenvalue weighted by atomic mass is 9.61. The number of benzene rings is 14. The van der Waals surface area contributed by atoms with Gasteiger partial charge in [0.25, 0.3) is 0 Å². The van der Waals surface area contributed by atoms with E-state index in [1.165, 1.54) is 300 Å². The highest BCUT2D eigenvalue weighted by Crippen LogP contribution is 2.68. The third-order valence-electron chi connectivity index (χ3n) is 37.5. The van der Waals surface area contributed by atoms with Gasteiger partial charge < -0.3 is 19.6 Å². The van der Waals surface area contributed by atoms with Crippen LogP contribution in [0.15, 0.2) is 304 Å². The lowest BCUT2D eigenvalue weighted by molar-refractivity contribution is 0.194. The average Bonchev–Trinajstić information content (AvgIpc) is 1.55. The minimum Gasteiger partial charge on any atom is -0.334 e. The van der Waals surface area contributed by atoms with Gasteiger partial charge in [0.1, 0.15) is 11.6 Å². The first-order valence-corrected chi connectivity index (χ1v) is 50.7. The largest absolute Gasteiger partial charge is 0.334 e. The molecular weight excluding hydrogens is 1650 g/mol. The predicted molar refractivity (Wildman–Crippen MR) is 568 cm³/mol. The van der Waals surface area contributed by atoms with Gasteiger partial charge in [-0.2, -0.15) is 0 Å². The van der Waals surface area contributed by atoms with Crippen molar-refractivity contribution in [3.8, 4) is 66.8 Å². The topological polar surface area (TPSA) is 64.5 Å². The molecular formula is C128H116N8. The molecule has 8 nitrogen and oxygen atoms in total. The summed E-state index contributed by atoms with van der Waals surface area (Å²) in [6, 6.07) is 108. The van der Waals surface area contributed by atoms with Crippen LogP contribution in [-0.4, -0.2) is 42.1 Å². The molecule has 28 rings (SSSR count). The summed E-state index contributed by atoms with van der Waals surface area (Å²) in [5, 5.41) is 15.7. The molecule has 4 saturated carbocycles. The van der Waals surface area contributed by atoms with Gasteiger partial charge in [0.05, 0.1) is 22.2 Å². The maximum atomic E-state index is 5.13. The summed E-state index contributed by atoms with van der Waals surface area (Å²) in [6.07, 6.45) is 29.3. The number of pyridine rings is 4. The second kappa shape index (κ2) is 29.5. The van der Waals surface area contributed by atoms with E-state index in [0.29, 0.717) is 0 Å². The number of anilines is 8. The molecule has 668 valence electrons. The van der Waals surface area contributed by atoms with Crippen LogP contribution in [0.3, 0.4) is 0 Å². The summed E-state index contributed by atoms with van der Waals surface area (Å²) in [6.45, 7) is 24.4. The fourth-order valence-corrected chi connectivity index (χ4v) is 29.6. The Morgan fingerprint density at radius 2 is 0.529 bits per heavy atom. The zero-order chi connectivity index (χ0) is 91.5. The molecule has 18 aromatic rings. The van der Waals surface area contributed by atoms with Crippen LogP contribution >= 0.6 is 0 Å². The van der Waals surface area contributed by atoms with Gasteiger partial charge in [-0.25, -0.2) is 9.97 Å². The van der Waals surface area contributed by atoms with Crippen LogP contribution in [0.4, 0.5) is 45.8 Å². The molecule has 4 fully saturated rings. The fourth-order valence-electron chi connectivity index (χ4n) is 29.6. The predicted octanol–water partition coefficient (Wildman–Crippen LogP) is 33.3. The van der Waals surface area contributed by atoms with Crippen LogP contribution in [0.25, 0.3) is 131 Å². The smallest absolute Gasteiger partial charge is 0.141 e. The third-order valence-corrected chi connectivity index (χ3v) is 37.5. The number of aromatic nitrogens is 4. The highest BCUT2D eigenvalue weighted by atomic mass is 15.3. The minimum absolute atomic E-state index is 0.00239. The number of hydrogen-bond donors (Lipinski definition) is 0. The van der Waals surface area contributed by atoms with Crippen molar-refractivity contribution in [3.63, 3.8) is 0 Å². The van der Waals surface area contributed by atoms with Gasteiger partial charge >= 0.3 is 0 Å². The van der Waals surface area contributed by atoms with E-state index in [1.54, 1.807) is 0 Å². The Bertz CT molecular complexity index is 8190. The third kappa shape index (κ3) is 11.3. The number of rotatable bonds is 8. The van der Waals surface area contributed by atoms with Crippen molar-refractivity contribution in [2.75, 3.05) is 19.6 Å². The standard InChI is InChI=1S/C67H58N4.C61H58N4/c1-64-31-11-13-33-66(64,3)70(62-50-17-7-5-15-42(50)29-35-68-62)59-27-23-46(40-57(59)64)44-21-25-49-48(37-44)39-56-53-26-22-45(38-55(53)52-19-9-10-20-54(52)61(49)56)47-24-28-60-58(41-47)65(2)32-12-14-34-67(65,4)71(60)63-51-18-8-6-16-43(51)30-36-69-63;1-38-31-45(23-29-62-38)64-55-21-17-42(36-53(55)58(3)25-9-11-27-60(58,64)5)40-15-19-47-44(33-40)35-52-49-20-16-41(34-51(49)48-13-7-8-14-50(48)57(47)52)43-18-22-56-54(37-43)59(4)26-10-12-28-61(59,6)65(56)46-24-30-63-39(2)32-46/h5-10,15-30,35-38,40-41H,11-14,31-34,39H2,1-4H3;7-8,13-24,29-34,36-37H,9-12,25-28,35H2,1-6H3. The first-order valence-electron chi connectivity index (χ1n) is 50.7. The Balaban J connectivity index is 0.000000138. The Morgan fingerprint density at radius 3 is 0.897 bits per heavy atom. The van der Waals surface area contributed by atoms with Gasteiger partial charge in [0, 0.05) is 103 Å². The molecule has 136 heavy (non-hydrogen) atoms. The quantitative estimate of drug-likeness (QED) is 0.139. The van der Waals surface area contributed by atoms with Gasteiger partial charge in [-0.15, -0.1) is 0 Å². The molecule has 8 unspecified atom stereocenters. The number of hydrogen-bond acceptors (Lipinski definition) is 8. The first-order chi connectivity index (χ1) is 66.2. The molecule has 0 bridgehead atoms. The van der Waals surface area contributed by atoms with Crippen LogP contribution in [0.5, 0.6) is 0 Å². The van der Waals surface area contributed by atoms with Crippen molar-refractivity contribution in [3.05, 3.63) is 360 Å². The summed E-state index contributed by atoms with van der Waals surface area (Å²) >= 11 is 0. The maximum Gasteiger partial charge on any atom is 0.141 e. The highest BCUT2D eigenvalue weighted by Gasteiger charge is 2.63. The van der Waals surface area contributed by atoms with Gasteiger partial charge in [-0.1, -0.05) is 261 Å². The van der Waals surface area contributed by atoms with E-state index in [9.17, 15) is 0 Å². The number of aryl methyl sites for hydroxylation is 2. The summed E-state index contributed by atoms with van der Waals surface area (Å²) in [5.41, 5.74) is 37.6. The second-order valence-corrected chi connectivity index (χ2v) is 44.0. The Morgan fingerprint density at radius 1 is 0.235 bits per heavy atom. The molecule has 0 saturated heterocycles. The molecule has 4 aliphatic heterocycles. The van der Waals surface area contributed by atoms with Crippen molar-refractivity contribution in [1.29, 1.82) is 0 Å². The number of nitrogens with zero attached hydrogens (tertiary/aromatic N) is 8. The molecule has 10 aliphatic rings. The van der Waals surface area contributed by atoms with E-state index in [0.717, 1.165) is 48.7 Å². The first kappa shape index (κ1) is 81.9. The van der Waals surface area contributed by atoms with Crippen molar-refractivity contribution in [2.45, 2.75) is 229 Å². The molecule has 6 aliphatic carbocycles. The van der Waals surface area contributed by atoms with Crippen molar-refractivity contribution in [2.24, 2.45) is 0 Å². The second-order valence-electron chi connectivity index (χ2n) is 44.0. The van der Waals surface area contributed by atoms with Crippen LogP contribution in [0, 0.1) is 13.8 Å². The normalized spacial score (nSPS) is 24.5. The summed E-state index contributed by atoms with van der Waals surface area (Å²) in [5.74, 6) is 2.17. The summed E-state index contributed by atoms with van der Waals surface area (Å²) in [7, 11) is 0. The molecule has 14 aromatic carbocycles. The van der Waals surface area contributed by atoms with E-state index in [-0.39, 0.29) is 43.8 Å². The molecule has 8 heteroatoms. The van der Waals surface area contributed by atoms with Crippen LogP contribution in [0.1, 0.15) is 214 Å². The van der Waals surface area contributed by atoms with Gasteiger partial charge in [0.15, 0.2) is 0 Å². The molecule has 0 spiro atoms. The monoisotopic (exact) mass is 1760 g/mol. The molecule has 8 atom stereocenters. The summed E-state index contributed by atoms with van der Waals surface area (Å²) in [4.78, 5) is 30.0. The van der Waals surface area contributed by atoms with Crippen LogP contribution < -0.4 is 19.6 Å². The van der Waals surface area contributed by atoms with Gasteiger partial charge in [-0.05, 0) is 368 Å². The lowest BCUT2D eigenvalue weighted by Crippen LogP contribution is -2.54. The minimum atomic E-state index is -0.0785. The van der Waals surface area contributed by atoms with Crippen molar-refractivity contribution in [1.82, 2.24) is 19.9 Å². The van der Waals surface area contributed by atoms with E-state index < -0.39 is 0 Å². The fraction of sp³-hybridized carbons (Fsp3) is 0.281. The van der Waals surface area contributed by atoms with Crippen LogP contribution in [0.2, 0.25) is 0 Å². The molecule has 0 radical (unpaired) electrons. The SMILES string of the molecule is CC12CCCCC1(C)N(c1nccc3ccccc13)c1ccc(-c3ccc4c(c3)Cc3c-4c4ccccc4c4cc(-c5ccc6c(c5)C5(C)CCCCC5(C)N6c5nccc6ccccc56)ccc34)cc12.Cc1cc(N2c3ccc(-c4ccc5c(c4)Cc4c-5c5ccccc5c5cc(-c6ccc7c(c6)C6(C)CCCCC6(C)N7c6ccnc(C)c6)ccc45)cc3C3(C)CCCCC23C)ccn1. The molecule has 8 heterocycles. The highest BCUT2D eigenvalue weighted by molar-refractivity contribution is 6.20.